The van der Waals surface area contributed by atoms with E-state index in [1.165, 1.54) is 38.5 Å². The average Bonchev–Trinajstić information content (AvgIpc) is 2.02. The summed E-state index contributed by atoms with van der Waals surface area (Å²) in [4.78, 5) is 0. The van der Waals surface area contributed by atoms with E-state index >= 15 is 0 Å². The van der Waals surface area contributed by atoms with E-state index in [2.05, 4.69) is 26.8 Å². The van der Waals surface area contributed by atoms with Crippen molar-refractivity contribution >= 4 is 0 Å². The lowest BCUT2D eigenvalue weighted by atomic mass is 9.73. The van der Waals surface area contributed by atoms with Gasteiger partial charge in [0.15, 0.2) is 0 Å². The molecular weight excluding hydrogens is 144 g/mol. The van der Waals surface area contributed by atoms with E-state index in [1.807, 2.05) is 0 Å². The molecule has 0 aromatic carbocycles. The molecule has 12 heavy (non-hydrogen) atoms. The maximum Gasteiger partial charge on any atom is -0.0145 e. The lowest BCUT2D eigenvalue weighted by molar-refractivity contribution is 0.334. The third-order valence-electron chi connectivity index (χ3n) is 3.05. The zero-order valence-corrected chi connectivity index (χ0v) is 8.82. The van der Waals surface area contributed by atoms with Gasteiger partial charge in [0.1, 0.15) is 0 Å². The first-order valence-corrected chi connectivity index (χ1v) is 5.36. The lowest BCUT2D eigenvalue weighted by Crippen LogP contribution is -2.18. The summed E-state index contributed by atoms with van der Waals surface area (Å²) in [6.45, 7) is 7.05. The van der Waals surface area contributed by atoms with E-state index in [0.29, 0.717) is 5.41 Å². The van der Waals surface area contributed by atoms with Crippen molar-refractivity contribution in [2.24, 2.45) is 5.41 Å². The summed E-state index contributed by atoms with van der Waals surface area (Å²) >= 11 is 0. The fraction of sp³-hybridized carbons (Fsp3) is 0.833. The number of unbranched alkanes of at least 4 members (excludes halogenated alkanes) is 1. The Bertz CT molecular complexity index is 163. The van der Waals surface area contributed by atoms with Crippen LogP contribution in [0.4, 0.5) is 0 Å². The van der Waals surface area contributed by atoms with E-state index in [-0.39, 0.29) is 0 Å². The van der Waals surface area contributed by atoms with Crippen LogP contribution in [0.15, 0.2) is 11.6 Å². The molecule has 0 atom stereocenters. The summed E-state index contributed by atoms with van der Waals surface area (Å²) in [5, 5.41) is 0. The van der Waals surface area contributed by atoms with Crippen molar-refractivity contribution in [1.29, 1.82) is 0 Å². The van der Waals surface area contributed by atoms with Gasteiger partial charge in [0.2, 0.25) is 0 Å². The molecule has 0 radical (unpaired) electrons. The van der Waals surface area contributed by atoms with Gasteiger partial charge in [-0.3, -0.25) is 0 Å². The van der Waals surface area contributed by atoms with Crippen LogP contribution >= 0.6 is 0 Å². The highest BCUT2D eigenvalue weighted by Gasteiger charge is 2.25. The maximum atomic E-state index is 2.49. The number of allylic oxidation sites excluding steroid dienone is 2. The van der Waals surface area contributed by atoms with Crippen LogP contribution in [0.25, 0.3) is 0 Å². The topological polar surface area (TPSA) is 0 Å². The molecule has 1 aliphatic carbocycles. The Balaban J connectivity index is 2.59. The van der Waals surface area contributed by atoms with E-state index in [4.69, 9.17) is 0 Å². The van der Waals surface area contributed by atoms with E-state index in [0.717, 1.165) is 0 Å². The van der Waals surface area contributed by atoms with Gasteiger partial charge in [-0.15, -0.1) is 0 Å². The largest absolute Gasteiger partial charge is 0.0848 e. The zero-order valence-electron chi connectivity index (χ0n) is 8.82. The molecule has 0 aromatic rings. The molecule has 0 spiro atoms. The molecule has 0 aliphatic heterocycles. The molecule has 0 N–H and O–H groups in total. The predicted octanol–water partition coefficient (Wildman–Crippen LogP) is 4.31. The van der Waals surface area contributed by atoms with Crippen molar-refractivity contribution in [3.8, 4) is 0 Å². The summed E-state index contributed by atoms with van der Waals surface area (Å²) in [5.74, 6) is 0. The van der Waals surface area contributed by atoms with Crippen LogP contribution in [0.5, 0.6) is 0 Å². The van der Waals surface area contributed by atoms with Gasteiger partial charge < -0.3 is 0 Å². The summed E-state index contributed by atoms with van der Waals surface area (Å²) < 4.78 is 0. The van der Waals surface area contributed by atoms with Gasteiger partial charge in [-0.1, -0.05) is 45.3 Å². The summed E-state index contributed by atoms with van der Waals surface area (Å²) in [7, 11) is 0. The van der Waals surface area contributed by atoms with Gasteiger partial charge in [0, 0.05) is 0 Å². The molecule has 1 fully saturated rings. The fourth-order valence-electron chi connectivity index (χ4n) is 2.08. The molecule has 0 nitrogen and oxygen atoms in total. The van der Waals surface area contributed by atoms with Crippen LogP contribution in [-0.2, 0) is 0 Å². The molecule has 1 aliphatic rings. The monoisotopic (exact) mass is 166 g/mol. The smallest absolute Gasteiger partial charge is 0.0145 e. The first kappa shape index (κ1) is 9.83. The number of hydrogen-bond acceptors (Lipinski definition) is 0. The molecule has 0 unspecified atom stereocenters. The van der Waals surface area contributed by atoms with Crippen molar-refractivity contribution in [3.63, 3.8) is 0 Å². The molecule has 0 amide bonds. The van der Waals surface area contributed by atoms with Gasteiger partial charge in [-0.05, 0) is 31.1 Å². The molecule has 0 heterocycles. The van der Waals surface area contributed by atoms with Crippen molar-refractivity contribution in [2.75, 3.05) is 0 Å². The summed E-state index contributed by atoms with van der Waals surface area (Å²) in [6, 6.07) is 0. The van der Waals surface area contributed by atoms with E-state index < -0.39 is 0 Å². The highest BCUT2D eigenvalue weighted by molar-refractivity contribution is 5.14. The molecule has 70 valence electrons. The number of rotatable bonds is 2. The highest BCUT2D eigenvalue weighted by atomic mass is 14.3. The first-order valence-electron chi connectivity index (χ1n) is 5.36. The second-order valence-electron chi connectivity index (χ2n) is 4.61. The third-order valence-corrected chi connectivity index (χ3v) is 3.05. The fourth-order valence-corrected chi connectivity index (χ4v) is 2.08. The van der Waals surface area contributed by atoms with E-state index in [1.54, 1.807) is 5.57 Å². The molecule has 1 rings (SSSR count). The lowest BCUT2D eigenvalue weighted by Gasteiger charge is -2.33. The Morgan fingerprint density at radius 2 is 2.08 bits per heavy atom. The molecule has 0 aromatic heterocycles. The minimum absolute atomic E-state index is 0.507. The van der Waals surface area contributed by atoms with E-state index in [9.17, 15) is 0 Å². The molecular formula is C12H22. The van der Waals surface area contributed by atoms with Crippen molar-refractivity contribution in [2.45, 2.75) is 59.3 Å². The van der Waals surface area contributed by atoms with Crippen LogP contribution in [0, 0.1) is 5.41 Å². The van der Waals surface area contributed by atoms with Gasteiger partial charge in [-0.25, -0.2) is 0 Å². The maximum absolute atomic E-state index is 2.49. The molecule has 0 bridgehead atoms. The SMILES string of the molecule is CCCC=C1CCCCC1(C)C. The average molecular weight is 166 g/mol. The quantitative estimate of drug-likeness (QED) is 0.536. The van der Waals surface area contributed by atoms with Crippen LogP contribution in [-0.4, -0.2) is 0 Å². The van der Waals surface area contributed by atoms with Gasteiger partial charge in [-0.2, -0.15) is 0 Å². The standard InChI is InChI=1S/C12H22/c1-4-5-8-11-9-6-7-10-12(11,2)3/h8H,4-7,9-10H2,1-3H3. The molecule has 1 saturated carbocycles. The minimum Gasteiger partial charge on any atom is -0.0848 e. The zero-order chi connectivity index (χ0) is 9.03. The molecule has 0 saturated heterocycles. The summed E-state index contributed by atoms with van der Waals surface area (Å²) in [6.07, 6.45) is 10.6. The van der Waals surface area contributed by atoms with Gasteiger partial charge in [0.05, 0.1) is 0 Å². The third kappa shape index (κ3) is 2.36. The Morgan fingerprint density at radius 3 is 2.67 bits per heavy atom. The van der Waals surface area contributed by atoms with Crippen molar-refractivity contribution < 1.29 is 0 Å². The summed E-state index contributed by atoms with van der Waals surface area (Å²) in [5.41, 5.74) is 2.23. The van der Waals surface area contributed by atoms with Crippen molar-refractivity contribution in [3.05, 3.63) is 11.6 Å². The van der Waals surface area contributed by atoms with Gasteiger partial charge >= 0.3 is 0 Å². The highest BCUT2D eigenvalue weighted by Crippen LogP contribution is 2.40. The first-order chi connectivity index (χ1) is 5.67. The second-order valence-corrected chi connectivity index (χ2v) is 4.61. The van der Waals surface area contributed by atoms with Crippen LogP contribution in [0.1, 0.15) is 59.3 Å². The Labute approximate surface area is 77.1 Å². The second kappa shape index (κ2) is 4.11. The molecule has 0 heteroatoms. The Hall–Kier alpha value is -0.260. The Morgan fingerprint density at radius 1 is 1.33 bits per heavy atom. The van der Waals surface area contributed by atoms with Crippen LogP contribution < -0.4 is 0 Å². The van der Waals surface area contributed by atoms with Crippen LogP contribution in [0.3, 0.4) is 0 Å². The minimum atomic E-state index is 0.507. The number of hydrogen-bond donors (Lipinski definition) is 0. The van der Waals surface area contributed by atoms with Crippen LogP contribution in [0.2, 0.25) is 0 Å². The van der Waals surface area contributed by atoms with Crippen molar-refractivity contribution in [1.82, 2.24) is 0 Å². The predicted molar refractivity (Wildman–Crippen MR) is 55.2 cm³/mol. The Kier molecular flexibility index (Phi) is 3.37. The van der Waals surface area contributed by atoms with Gasteiger partial charge in [0.25, 0.3) is 0 Å². The normalized spacial score (nSPS) is 26.1.